The molecule has 0 saturated heterocycles. The van der Waals surface area contributed by atoms with Crippen LogP contribution in [0.25, 0.3) is 0 Å². The molecule has 0 unspecified atom stereocenters. The second-order valence-corrected chi connectivity index (χ2v) is 5.71. The van der Waals surface area contributed by atoms with E-state index in [4.69, 9.17) is 5.73 Å². The highest BCUT2D eigenvalue weighted by molar-refractivity contribution is 5.41. The molecule has 1 aromatic rings. The third kappa shape index (κ3) is 3.13. The number of anilines is 2. The molecular formula is C13H17F3N4. The van der Waals surface area contributed by atoms with Crippen LogP contribution in [-0.2, 0) is 6.18 Å². The minimum absolute atomic E-state index is 0.163. The van der Waals surface area contributed by atoms with Gasteiger partial charge in [0.05, 0.1) is 0 Å². The van der Waals surface area contributed by atoms with Crippen LogP contribution in [0.2, 0.25) is 0 Å². The molecule has 3 N–H and O–H groups in total. The first-order chi connectivity index (χ1) is 9.43. The van der Waals surface area contributed by atoms with Gasteiger partial charge in [-0.3, -0.25) is 0 Å². The minimum atomic E-state index is -4.50. The molecule has 2 fully saturated rings. The number of rotatable bonds is 5. The van der Waals surface area contributed by atoms with Crippen LogP contribution in [0.1, 0.15) is 31.4 Å². The Labute approximate surface area is 115 Å². The summed E-state index contributed by atoms with van der Waals surface area (Å²) in [7, 11) is 0. The Bertz CT molecular complexity index is 483. The van der Waals surface area contributed by atoms with Crippen LogP contribution in [0.15, 0.2) is 6.07 Å². The SMILES string of the molecule is Nc1nc(NCC(C2CC2)C2CC2)cc(C(F)(F)F)n1. The molecule has 2 saturated carbocycles. The summed E-state index contributed by atoms with van der Waals surface area (Å²) in [6.07, 6.45) is 0.454. The van der Waals surface area contributed by atoms with Gasteiger partial charge in [-0.15, -0.1) is 0 Å². The zero-order chi connectivity index (χ0) is 14.3. The molecule has 0 atom stereocenters. The molecular weight excluding hydrogens is 269 g/mol. The minimum Gasteiger partial charge on any atom is -0.370 e. The number of aromatic nitrogens is 2. The fourth-order valence-electron chi connectivity index (χ4n) is 2.69. The Kier molecular flexibility index (Phi) is 3.22. The van der Waals surface area contributed by atoms with Crippen molar-refractivity contribution >= 4 is 11.8 Å². The van der Waals surface area contributed by atoms with Gasteiger partial charge in [-0.25, -0.2) is 4.98 Å². The Morgan fingerprint density at radius 3 is 2.30 bits per heavy atom. The van der Waals surface area contributed by atoms with Gasteiger partial charge in [-0.1, -0.05) is 0 Å². The van der Waals surface area contributed by atoms with Crippen molar-refractivity contribution in [3.05, 3.63) is 11.8 Å². The normalized spacial score (nSPS) is 19.4. The van der Waals surface area contributed by atoms with E-state index in [0.29, 0.717) is 12.5 Å². The van der Waals surface area contributed by atoms with Crippen molar-refractivity contribution in [2.24, 2.45) is 17.8 Å². The zero-order valence-corrected chi connectivity index (χ0v) is 11.0. The molecule has 7 heteroatoms. The largest absolute Gasteiger partial charge is 0.433 e. The number of hydrogen-bond acceptors (Lipinski definition) is 4. The maximum Gasteiger partial charge on any atom is 0.433 e. The van der Waals surface area contributed by atoms with Crippen molar-refractivity contribution < 1.29 is 13.2 Å². The molecule has 20 heavy (non-hydrogen) atoms. The second-order valence-electron chi connectivity index (χ2n) is 5.71. The van der Waals surface area contributed by atoms with Gasteiger partial charge in [0.15, 0.2) is 5.69 Å². The summed E-state index contributed by atoms with van der Waals surface area (Å²) in [6, 6.07) is 0.924. The van der Waals surface area contributed by atoms with E-state index in [1.54, 1.807) is 0 Å². The number of nitrogens with two attached hydrogens (primary N) is 1. The van der Waals surface area contributed by atoms with Gasteiger partial charge in [0.1, 0.15) is 5.82 Å². The lowest BCUT2D eigenvalue weighted by Gasteiger charge is -2.17. The van der Waals surface area contributed by atoms with Gasteiger partial charge in [-0.05, 0) is 43.4 Å². The number of halogens is 3. The molecule has 1 aromatic heterocycles. The third-order valence-corrected chi connectivity index (χ3v) is 4.01. The third-order valence-electron chi connectivity index (χ3n) is 4.01. The Balaban J connectivity index is 1.68. The van der Waals surface area contributed by atoms with Crippen molar-refractivity contribution in [2.45, 2.75) is 31.9 Å². The van der Waals surface area contributed by atoms with E-state index in [1.165, 1.54) is 25.7 Å². The summed E-state index contributed by atoms with van der Waals surface area (Å²) in [6.45, 7) is 0.670. The van der Waals surface area contributed by atoms with E-state index in [2.05, 4.69) is 15.3 Å². The van der Waals surface area contributed by atoms with E-state index < -0.39 is 11.9 Å². The van der Waals surface area contributed by atoms with Gasteiger partial charge in [-0.2, -0.15) is 18.2 Å². The lowest BCUT2D eigenvalue weighted by molar-refractivity contribution is -0.141. The highest BCUT2D eigenvalue weighted by Crippen LogP contribution is 2.49. The molecule has 0 radical (unpaired) electrons. The molecule has 4 nitrogen and oxygen atoms in total. The molecule has 0 amide bonds. The summed E-state index contributed by atoms with van der Waals surface area (Å²) in [5.74, 6) is 1.83. The van der Waals surface area contributed by atoms with Crippen LogP contribution in [0.5, 0.6) is 0 Å². The smallest absolute Gasteiger partial charge is 0.370 e. The molecule has 110 valence electrons. The van der Waals surface area contributed by atoms with Crippen molar-refractivity contribution in [1.29, 1.82) is 0 Å². The summed E-state index contributed by atoms with van der Waals surface area (Å²) in [5, 5.41) is 3.01. The monoisotopic (exact) mass is 286 g/mol. The zero-order valence-electron chi connectivity index (χ0n) is 11.0. The standard InChI is InChI=1S/C13H17F3N4/c14-13(15,16)10-5-11(20-12(17)19-10)18-6-9(7-1-2-7)8-3-4-8/h5,7-9H,1-4,6H2,(H3,17,18,19,20). The van der Waals surface area contributed by atoms with Crippen molar-refractivity contribution in [3.63, 3.8) is 0 Å². The van der Waals surface area contributed by atoms with E-state index >= 15 is 0 Å². The van der Waals surface area contributed by atoms with Crippen molar-refractivity contribution in [1.82, 2.24) is 9.97 Å². The lowest BCUT2D eigenvalue weighted by atomic mass is 9.98. The van der Waals surface area contributed by atoms with Crippen molar-refractivity contribution in [3.8, 4) is 0 Å². The first-order valence-corrected chi connectivity index (χ1v) is 6.89. The Morgan fingerprint density at radius 1 is 1.20 bits per heavy atom. The highest BCUT2D eigenvalue weighted by Gasteiger charge is 2.41. The molecule has 0 aliphatic heterocycles. The van der Waals surface area contributed by atoms with E-state index in [-0.39, 0.29) is 11.8 Å². The van der Waals surface area contributed by atoms with E-state index in [9.17, 15) is 13.2 Å². The second kappa shape index (κ2) is 4.79. The van der Waals surface area contributed by atoms with Crippen LogP contribution in [0.4, 0.5) is 24.9 Å². The van der Waals surface area contributed by atoms with Crippen LogP contribution < -0.4 is 11.1 Å². The summed E-state index contributed by atoms with van der Waals surface area (Å²) >= 11 is 0. The topological polar surface area (TPSA) is 63.8 Å². The first-order valence-electron chi connectivity index (χ1n) is 6.89. The molecule has 0 bridgehead atoms. The first kappa shape index (κ1) is 13.5. The lowest BCUT2D eigenvalue weighted by Crippen LogP contribution is -2.20. The average molecular weight is 286 g/mol. The highest BCUT2D eigenvalue weighted by atomic mass is 19.4. The molecule has 2 aliphatic carbocycles. The Morgan fingerprint density at radius 2 is 1.80 bits per heavy atom. The summed E-state index contributed by atoms with van der Waals surface area (Å²) in [4.78, 5) is 7.06. The molecule has 2 aliphatic rings. The Hall–Kier alpha value is -1.53. The number of nitrogen functional groups attached to an aromatic ring is 1. The van der Waals surface area contributed by atoms with E-state index in [0.717, 1.165) is 17.9 Å². The van der Waals surface area contributed by atoms with Crippen LogP contribution in [-0.4, -0.2) is 16.5 Å². The van der Waals surface area contributed by atoms with Gasteiger partial charge in [0, 0.05) is 12.6 Å². The predicted octanol–water partition coefficient (Wildman–Crippen LogP) is 2.93. The predicted molar refractivity (Wildman–Crippen MR) is 68.9 cm³/mol. The fourth-order valence-corrected chi connectivity index (χ4v) is 2.69. The van der Waals surface area contributed by atoms with Gasteiger partial charge in [0.2, 0.25) is 5.95 Å². The van der Waals surface area contributed by atoms with Gasteiger partial charge >= 0.3 is 6.18 Å². The average Bonchev–Trinajstić information content (AvgIpc) is 3.22. The van der Waals surface area contributed by atoms with Crippen LogP contribution in [0, 0.1) is 17.8 Å². The summed E-state index contributed by atoms with van der Waals surface area (Å²) in [5.41, 5.74) is 4.35. The molecule has 1 heterocycles. The number of alkyl halides is 3. The number of hydrogen-bond donors (Lipinski definition) is 2. The molecule has 0 aromatic carbocycles. The van der Waals surface area contributed by atoms with Crippen molar-refractivity contribution in [2.75, 3.05) is 17.6 Å². The number of nitrogens with one attached hydrogen (secondary N) is 1. The quantitative estimate of drug-likeness (QED) is 0.873. The maximum atomic E-state index is 12.6. The summed E-state index contributed by atoms with van der Waals surface area (Å²) < 4.78 is 37.9. The van der Waals surface area contributed by atoms with Gasteiger partial charge in [0.25, 0.3) is 0 Å². The fraction of sp³-hybridized carbons (Fsp3) is 0.692. The van der Waals surface area contributed by atoms with E-state index in [1.807, 2.05) is 0 Å². The molecule has 0 spiro atoms. The van der Waals surface area contributed by atoms with Gasteiger partial charge < -0.3 is 11.1 Å². The van der Waals surface area contributed by atoms with Crippen LogP contribution >= 0.6 is 0 Å². The maximum absolute atomic E-state index is 12.6. The van der Waals surface area contributed by atoms with Crippen LogP contribution in [0.3, 0.4) is 0 Å². The molecule has 3 rings (SSSR count). The number of nitrogens with zero attached hydrogens (tertiary/aromatic N) is 2.